The summed E-state index contributed by atoms with van der Waals surface area (Å²) in [6.45, 7) is 7.68. The molecule has 1 amide bonds. The van der Waals surface area contributed by atoms with Gasteiger partial charge in [0.25, 0.3) is 11.5 Å². The highest BCUT2D eigenvalue weighted by atomic mass is 16.1. The highest BCUT2D eigenvalue weighted by Gasteiger charge is 2.23. The van der Waals surface area contributed by atoms with Crippen molar-refractivity contribution in [3.05, 3.63) is 76.2 Å². The third kappa shape index (κ3) is 5.60. The lowest BCUT2D eigenvalue weighted by Gasteiger charge is -2.17. The number of aromatic nitrogens is 4. The van der Waals surface area contributed by atoms with Crippen LogP contribution < -0.4 is 21.5 Å². The summed E-state index contributed by atoms with van der Waals surface area (Å²) in [4.78, 5) is 36.1. The molecule has 2 aromatic heterocycles. The molecule has 1 atom stereocenters. The van der Waals surface area contributed by atoms with Gasteiger partial charge in [0.05, 0.1) is 6.04 Å². The van der Waals surface area contributed by atoms with E-state index >= 15 is 0 Å². The molecule has 188 valence electrons. The first-order valence-corrected chi connectivity index (χ1v) is 11.9. The summed E-state index contributed by atoms with van der Waals surface area (Å²) in [6.07, 6.45) is 5.08. The van der Waals surface area contributed by atoms with Gasteiger partial charge in [0.1, 0.15) is 11.4 Å². The van der Waals surface area contributed by atoms with Crippen LogP contribution >= 0.6 is 0 Å². The van der Waals surface area contributed by atoms with Crippen molar-refractivity contribution >= 4 is 29.2 Å². The SMILES string of the molecule is C=CCNC(=O)c1cnc(Nc2ccc3c(c2)CC(N(C)C)C3)nc1Nc1ccc(=O)n(C(C)C)n1. The molecule has 0 aliphatic heterocycles. The van der Waals surface area contributed by atoms with Crippen molar-refractivity contribution in [2.45, 2.75) is 38.8 Å². The summed E-state index contributed by atoms with van der Waals surface area (Å²) >= 11 is 0. The van der Waals surface area contributed by atoms with Gasteiger partial charge in [-0.15, -0.1) is 6.58 Å². The van der Waals surface area contributed by atoms with Crippen molar-refractivity contribution in [2.24, 2.45) is 0 Å². The van der Waals surface area contributed by atoms with Gasteiger partial charge in [0.15, 0.2) is 5.82 Å². The van der Waals surface area contributed by atoms with Crippen molar-refractivity contribution in [1.29, 1.82) is 0 Å². The molecule has 1 unspecified atom stereocenters. The van der Waals surface area contributed by atoms with Crippen molar-refractivity contribution in [1.82, 2.24) is 30.0 Å². The molecular formula is C26H32N8O2. The van der Waals surface area contributed by atoms with E-state index in [0.29, 0.717) is 24.4 Å². The lowest BCUT2D eigenvalue weighted by Crippen LogP contribution is -2.27. The van der Waals surface area contributed by atoms with E-state index in [1.807, 2.05) is 19.9 Å². The molecule has 10 heteroatoms. The first-order valence-electron chi connectivity index (χ1n) is 11.9. The van der Waals surface area contributed by atoms with E-state index in [0.717, 1.165) is 18.5 Å². The van der Waals surface area contributed by atoms with Crippen molar-refractivity contribution in [2.75, 3.05) is 31.3 Å². The Kier molecular flexibility index (Phi) is 7.44. The molecule has 3 aromatic rings. The van der Waals surface area contributed by atoms with Gasteiger partial charge in [0, 0.05) is 30.5 Å². The van der Waals surface area contributed by atoms with Crippen LogP contribution in [0.15, 0.2) is 54.0 Å². The molecule has 0 saturated carbocycles. The third-order valence-corrected chi connectivity index (χ3v) is 6.10. The minimum atomic E-state index is -0.353. The van der Waals surface area contributed by atoms with Gasteiger partial charge in [-0.1, -0.05) is 12.1 Å². The van der Waals surface area contributed by atoms with Gasteiger partial charge in [-0.25, -0.2) is 9.67 Å². The maximum absolute atomic E-state index is 12.7. The fourth-order valence-corrected chi connectivity index (χ4v) is 4.11. The Labute approximate surface area is 210 Å². The average Bonchev–Trinajstić information content (AvgIpc) is 3.28. The number of carbonyl (C=O) groups excluding carboxylic acids is 1. The van der Waals surface area contributed by atoms with Gasteiger partial charge >= 0.3 is 0 Å². The molecule has 0 fully saturated rings. The average molecular weight is 489 g/mol. The first-order chi connectivity index (χ1) is 17.2. The van der Waals surface area contributed by atoms with E-state index in [1.54, 1.807) is 12.1 Å². The third-order valence-electron chi connectivity index (χ3n) is 6.10. The van der Waals surface area contributed by atoms with E-state index in [2.05, 4.69) is 68.7 Å². The molecule has 0 spiro atoms. The Morgan fingerprint density at radius 1 is 1.19 bits per heavy atom. The van der Waals surface area contributed by atoms with E-state index in [-0.39, 0.29) is 28.9 Å². The molecule has 2 heterocycles. The fourth-order valence-electron chi connectivity index (χ4n) is 4.11. The summed E-state index contributed by atoms with van der Waals surface area (Å²) in [6, 6.07) is 9.64. The van der Waals surface area contributed by atoms with Crippen molar-refractivity contribution in [3.63, 3.8) is 0 Å². The Morgan fingerprint density at radius 3 is 2.69 bits per heavy atom. The standard InChI is InChI=1S/C26H32N8O2/c1-6-11-27-25(36)21-15-28-26(29-19-8-7-17-13-20(33(4)5)14-18(17)12-19)31-24(21)30-22-9-10-23(35)34(32-22)16(2)3/h6-10,12,15-16,20H,1,11,13-14H2,2-5H3,(H,27,36)(H2,28,29,30,31,32). The maximum Gasteiger partial charge on any atom is 0.267 e. The molecule has 3 N–H and O–H groups in total. The first kappa shape index (κ1) is 25.1. The number of hydrogen-bond acceptors (Lipinski definition) is 8. The quantitative estimate of drug-likeness (QED) is 0.394. The number of amides is 1. The van der Waals surface area contributed by atoms with E-state index in [9.17, 15) is 9.59 Å². The Hall–Kier alpha value is -4.05. The monoisotopic (exact) mass is 488 g/mol. The highest BCUT2D eigenvalue weighted by molar-refractivity contribution is 5.99. The fraction of sp³-hybridized carbons (Fsp3) is 0.346. The van der Waals surface area contributed by atoms with Crippen LogP contribution in [0.2, 0.25) is 0 Å². The highest BCUT2D eigenvalue weighted by Crippen LogP contribution is 2.28. The lowest BCUT2D eigenvalue weighted by molar-refractivity contribution is 0.0958. The van der Waals surface area contributed by atoms with E-state index < -0.39 is 0 Å². The molecular weight excluding hydrogens is 456 g/mol. The number of carbonyl (C=O) groups is 1. The number of benzene rings is 1. The van der Waals surface area contributed by atoms with Crippen LogP contribution in [0, 0.1) is 0 Å². The molecule has 0 saturated heterocycles. The Bertz CT molecular complexity index is 1330. The van der Waals surface area contributed by atoms with Crippen LogP contribution in [-0.2, 0) is 12.8 Å². The lowest BCUT2D eigenvalue weighted by atomic mass is 10.1. The number of rotatable bonds is 9. The molecule has 1 aliphatic carbocycles. The summed E-state index contributed by atoms with van der Waals surface area (Å²) in [5, 5.41) is 13.4. The maximum atomic E-state index is 12.7. The molecule has 36 heavy (non-hydrogen) atoms. The molecule has 0 radical (unpaired) electrons. The van der Waals surface area contributed by atoms with Crippen LogP contribution in [0.4, 0.5) is 23.3 Å². The second kappa shape index (κ2) is 10.7. The van der Waals surface area contributed by atoms with Crippen LogP contribution in [0.1, 0.15) is 41.4 Å². The molecule has 1 aliphatic rings. The zero-order chi connectivity index (χ0) is 25.8. The summed E-state index contributed by atoms with van der Waals surface area (Å²) in [5.74, 6) is 0.632. The van der Waals surface area contributed by atoms with Gasteiger partial charge in [-0.3, -0.25) is 9.59 Å². The number of fused-ring (bicyclic) bond motifs is 1. The van der Waals surface area contributed by atoms with Gasteiger partial charge < -0.3 is 20.9 Å². The summed E-state index contributed by atoms with van der Waals surface area (Å²) in [7, 11) is 4.21. The molecule has 4 rings (SSSR count). The molecule has 0 bridgehead atoms. The Morgan fingerprint density at radius 2 is 1.97 bits per heavy atom. The molecule has 10 nitrogen and oxygen atoms in total. The van der Waals surface area contributed by atoms with Crippen LogP contribution in [-0.4, -0.2) is 57.2 Å². The van der Waals surface area contributed by atoms with Crippen LogP contribution in [0.3, 0.4) is 0 Å². The summed E-state index contributed by atoms with van der Waals surface area (Å²) in [5.41, 5.74) is 3.56. The van der Waals surface area contributed by atoms with Crippen molar-refractivity contribution in [3.8, 4) is 0 Å². The van der Waals surface area contributed by atoms with Gasteiger partial charge in [-0.05, 0) is 70.1 Å². The largest absolute Gasteiger partial charge is 0.348 e. The minimum absolute atomic E-state index is 0.121. The number of nitrogens with zero attached hydrogens (tertiary/aromatic N) is 5. The van der Waals surface area contributed by atoms with E-state index in [4.69, 9.17) is 0 Å². The summed E-state index contributed by atoms with van der Waals surface area (Å²) < 4.78 is 1.37. The predicted molar refractivity (Wildman–Crippen MR) is 141 cm³/mol. The zero-order valence-corrected chi connectivity index (χ0v) is 21.1. The topological polar surface area (TPSA) is 117 Å². The second-order valence-corrected chi connectivity index (χ2v) is 9.31. The van der Waals surface area contributed by atoms with Gasteiger partial charge in [0.2, 0.25) is 5.95 Å². The number of anilines is 4. The van der Waals surface area contributed by atoms with E-state index in [1.165, 1.54) is 28.1 Å². The van der Waals surface area contributed by atoms with Crippen molar-refractivity contribution < 1.29 is 4.79 Å². The number of likely N-dealkylation sites (N-methyl/N-ethyl adjacent to an activating group) is 1. The Balaban J connectivity index is 1.63. The minimum Gasteiger partial charge on any atom is -0.348 e. The van der Waals surface area contributed by atoms with Gasteiger partial charge in [-0.2, -0.15) is 10.1 Å². The second-order valence-electron chi connectivity index (χ2n) is 9.31. The number of nitrogens with one attached hydrogen (secondary N) is 3. The molecule has 1 aromatic carbocycles. The zero-order valence-electron chi connectivity index (χ0n) is 21.1. The normalized spacial score (nSPS) is 14.6. The van der Waals surface area contributed by atoms with Crippen LogP contribution in [0.5, 0.6) is 0 Å². The smallest absolute Gasteiger partial charge is 0.267 e. The van der Waals surface area contributed by atoms with Crippen LogP contribution in [0.25, 0.3) is 0 Å². The number of hydrogen-bond donors (Lipinski definition) is 3. The predicted octanol–water partition coefficient (Wildman–Crippen LogP) is 3.05.